The van der Waals surface area contributed by atoms with Crippen LogP contribution in [0.5, 0.6) is 11.5 Å². The van der Waals surface area contributed by atoms with Crippen molar-refractivity contribution >= 4 is 22.4 Å². The van der Waals surface area contributed by atoms with Gasteiger partial charge in [-0.1, -0.05) is 12.0 Å². The summed E-state index contributed by atoms with van der Waals surface area (Å²) >= 11 is 0. The molecule has 6 nitrogen and oxygen atoms in total. The van der Waals surface area contributed by atoms with E-state index in [-0.39, 0.29) is 12.7 Å². The number of nitrogens with zero attached hydrogens (tertiary/aromatic N) is 2. The summed E-state index contributed by atoms with van der Waals surface area (Å²) in [5.74, 6) is 4.47. The van der Waals surface area contributed by atoms with Crippen molar-refractivity contribution in [2.45, 2.75) is 26.4 Å². The fourth-order valence-electron chi connectivity index (χ4n) is 2.69. The van der Waals surface area contributed by atoms with Crippen LogP contribution in [0.15, 0.2) is 42.7 Å². The van der Waals surface area contributed by atoms with E-state index in [4.69, 9.17) is 21.0 Å². The Morgan fingerprint density at radius 2 is 2.04 bits per heavy atom. The Morgan fingerprint density at radius 1 is 1.18 bits per heavy atom. The molecule has 0 bridgehead atoms. The number of aliphatic hydroxyl groups excluding tert-OH is 1. The fourth-order valence-corrected chi connectivity index (χ4v) is 2.69. The zero-order chi connectivity index (χ0) is 19.9. The summed E-state index contributed by atoms with van der Waals surface area (Å²) < 4.78 is 11.7. The van der Waals surface area contributed by atoms with Crippen molar-refractivity contribution in [2.24, 2.45) is 0 Å². The highest BCUT2D eigenvalue weighted by Crippen LogP contribution is 2.35. The average Bonchev–Trinajstić information content (AvgIpc) is 2.69. The largest absolute Gasteiger partial charge is 0.490 e. The second-order valence-electron chi connectivity index (χ2n) is 6.48. The first kappa shape index (κ1) is 19.5. The van der Waals surface area contributed by atoms with E-state index < -0.39 is 0 Å². The predicted molar refractivity (Wildman–Crippen MR) is 110 cm³/mol. The van der Waals surface area contributed by atoms with Crippen LogP contribution >= 0.6 is 0 Å². The van der Waals surface area contributed by atoms with E-state index in [0.29, 0.717) is 30.3 Å². The highest BCUT2D eigenvalue weighted by atomic mass is 16.5. The molecule has 1 heterocycles. The van der Waals surface area contributed by atoms with Crippen LogP contribution in [-0.2, 0) is 0 Å². The summed E-state index contributed by atoms with van der Waals surface area (Å²) in [5, 5.41) is 13.1. The summed E-state index contributed by atoms with van der Waals surface area (Å²) in [7, 11) is 0. The lowest BCUT2D eigenvalue weighted by Crippen LogP contribution is -2.09. The molecule has 2 aromatic carbocycles. The van der Waals surface area contributed by atoms with Gasteiger partial charge in [0.1, 0.15) is 12.1 Å². The van der Waals surface area contributed by atoms with Crippen molar-refractivity contribution < 1.29 is 14.6 Å². The number of ether oxygens (including phenoxy) is 2. The number of hydrogen-bond donors (Lipinski definition) is 2. The van der Waals surface area contributed by atoms with Crippen molar-refractivity contribution in [2.75, 3.05) is 18.5 Å². The van der Waals surface area contributed by atoms with E-state index in [1.165, 1.54) is 6.33 Å². The van der Waals surface area contributed by atoms with Crippen LogP contribution in [-0.4, -0.2) is 34.4 Å². The molecule has 0 atom stereocenters. The first-order valence-corrected chi connectivity index (χ1v) is 9.13. The van der Waals surface area contributed by atoms with Gasteiger partial charge >= 0.3 is 0 Å². The van der Waals surface area contributed by atoms with Crippen molar-refractivity contribution in [3.63, 3.8) is 0 Å². The molecule has 6 heteroatoms. The molecule has 0 saturated carbocycles. The normalized spacial score (nSPS) is 10.7. The molecule has 0 amide bonds. The number of terminal acetylenes is 1. The lowest BCUT2D eigenvalue weighted by molar-refractivity contribution is 0.206. The molecule has 0 radical (unpaired) electrons. The number of rotatable bonds is 8. The van der Waals surface area contributed by atoms with E-state index in [1.807, 2.05) is 50.2 Å². The third kappa shape index (κ3) is 4.70. The zero-order valence-electron chi connectivity index (χ0n) is 16.0. The van der Waals surface area contributed by atoms with Gasteiger partial charge in [-0.25, -0.2) is 9.97 Å². The van der Waals surface area contributed by atoms with E-state index in [0.717, 1.165) is 22.2 Å². The Kier molecular flexibility index (Phi) is 6.30. The van der Waals surface area contributed by atoms with Gasteiger partial charge < -0.3 is 19.9 Å². The number of aromatic nitrogens is 2. The number of benzene rings is 2. The smallest absolute Gasteiger partial charge is 0.163 e. The van der Waals surface area contributed by atoms with Crippen molar-refractivity contribution in [3.8, 4) is 23.8 Å². The van der Waals surface area contributed by atoms with Crippen LogP contribution in [0.4, 0.5) is 11.5 Å². The summed E-state index contributed by atoms with van der Waals surface area (Å²) in [6.45, 7) is 4.37. The van der Waals surface area contributed by atoms with Gasteiger partial charge in [0.2, 0.25) is 0 Å². The number of nitrogens with one attached hydrogen (secondary N) is 1. The Morgan fingerprint density at radius 3 is 2.79 bits per heavy atom. The standard InChI is InChI=1S/C22H23N3O3/c1-4-16-7-5-8-17(11-16)25-22-18-12-21(28-15(2)3)20(27-10-6-9-26)13-19(18)23-14-24-22/h1,5,7-8,11-15,26H,6,9-10H2,2-3H3,(H,23,24,25). The number of fused-ring (bicyclic) bond motifs is 1. The van der Waals surface area contributed by atoms with E-state index in [2.05, 4.69) is 21.2 Å². The van der Waals surface area contributed by atoms with Gasteiger partial charge in [-0.3, -0.25) is 0 Å². The van der Waals surface area contributed by atoms with Gasteiger partial charge in [0.25, 0.3) is 0 Å². The summed E-state index contributed by atoms with van der Waals surface area (Å²) in [6, 6.07) is 11.3. The maximum Gasteiger partial charge on any atom is 0.163 e. The molecule has 0 aliphatic carbocycles. The molecular formula is C22H23N3O3. The van der Waals surface area contributed by atoms with Crippen LogP contribution in [0.25, 0.3) is 10.9 Å². The highest BCUT2D eigenvalue weighted by Gasteiger charge is 2.14. The van der Waals surface area contributed by atoms with Crippen LogP contribution in [0, 0.1) is 12.3 Å². The lowest BCUT2D eigenvalue weighted by atomic mass is 10.2. The van der Waals surface area contributed by atoms with Crippen LogP contribution in [0.1, 0.15) is 25.8 Å². The topological polar surface area (TPSA) is 76.5 Å². The van der Waals surface area contributed by atoms with Crippen LogP contribution in [0.3, 0.4) is 0 Å². The maximum absolute atomic E-state index is 8.99. The molecule has 0 fully saturated rings. The first-order valence-electron chi connectivity index (χ1n) is 9.13. The van der Waals surface area contributed by atoms with Crippen LogP contribution in [0.2, 0.25) is 0 Å². The van der Waals surface area contributed by atoms with Gasteiger partial charge in [-0.05, 0) is 38.1 Å². The molecule has 144 valence electrons. The lowest BCUT2D eigenvalue weighted by Gasteiger charge is -2.17. The van der Waals surface area contributed by atoms with Crippen molar-refractivity contribution in [3.05, 3.63) is 48.3 Å². The quantitative estimate of drug-likeness (QED) is 0.458. The number of hydrogen-bond acceptors (Lipinski definition) is 6. The predicted octanol–water partition coefficient (Wildman–Crippen LogP) is 3.90. The Hall–Kier alpha value is -3.30. The van der Waals surface area contributed by atoms with Gasteiger partial charge in [-0.15, -0.1) is 6.42 Å². The molecule has 0 unspecified atom stereocenters. The molecule has 3 rings (SSSR count). The Bertz CT molecular complexity index is 996. The van der Waals surface area contributed by atoms with Crippen molar-refractivity contribution in [1.29, 1.82) is 0 Å². The molecular weight excluding hydrogens is 354 g/mol. The minimum absolute atomic E-state index is 0.0222. The van der Waals surface area contributed by atoms with Gasteiger partial charge in [0.05, 0.1) is 18.2 Å². The molecule has 28 heavy (non-hydrogen) atoms. The zero-order valence-corrected chi connectivity index (χ0v) is 16.0. The average molecular weight is 377 g/mol. The minimum Gasteiger partial charge on any atom is -0.490 e. The first-order chi connectivity index (χ1) is 13.6. The molecule has 2 N–H and O–H groups in total. The minimum atomic E-state index is -0.0222. The molecule has 0 saturated heterocycles. The van der Waals surface area contributed by atoms with Crippen LogP contribution < -0.4 is 14.8 Å². The molecule has 3 aromatic rings. The Labute approximate surface area is 164 Å². The van der Waals surface area contributed by atoms with E-state index >= 15 is 0 Å². The summed E-state index contributed by atoms with van der Waals surface area (Å²) in [6.07, 6.45) is 7.50. The molecule has 0 spiro atoms. The third-order valence-electron chi connectivity index (χ3n) is 3.92. The van der Waals surface area contributed by atoms with Gasteiger partial charge in [-0.2, -0.15) is 0 Å². The second kappa shape index (κ2) is 9.07. The number of anilines is 2. The summed E-state index contributed by atoms with van der Waals surface area (Å²) in [4.78, 5) is 8.74. The Balaban J connectivity index is 2.00. The molecule has 0 aliphatic heterocycles. The monoisotopic (exact) mass is 377 g/mol. The fraction of sp³-hybridized carbons (Fsp3) is 0.273. The third-order valence-corrected chi connectivity index (χ3v) is 3.92. The maximum atomic E-state index is 8.99. The number of aliphatic hydroxyl groups is 1. The highest BCUT2D eigenvalue weighted by molar-refractivity contribution is 5.93. The van der Waals surface area contributed by atoms with Gasteiger partial charge in [0.15, 0.2) is 11.5 Å². The van der Waals surface area contributed by atoms with E-state index in [1.54, 1.807) is 0 Å². The van der Waals surface area contributed by atoms with Gasteiger partial charge in [0, 0.05) is 35.7 Å². The van der Waals surface area contributed by atoms with Crippen molar-refractivity contribution in [1.82, 2.24) is 9.97 Å². The summed E-state index contributed by atoms with van der Waals surface area (Å²) in [5.41, 5.74) is 2.34. The van der Waals surface area contributed by atoms with E-state index in [9.17, 15) is 0 Å². The second-order valence-corrected chi connectivity index (χ2v) is 6.48. The molecule has 0 aliphatic rings. The molecule has 1 aromatic heterocycles. The SMILES string of the molecule is C#Cc1cccc(Nc2ncnc3cc(OCCCO)c(OC(C)C)cc23)c1.